The lowest BCUT2D eigenvalue weighted by molar-refractivity contribution is -0.139. The molecule has 7 heteroatoms. The van der Waals surface area contributed by atoms with Crippen molar-refractivity contribution in [2.75, 3.05) is 26.2 Å². The normalized spacial score (nSPS) is 18.3. The van der Waals surface area contributed by atoms with E-state index in [2.05, 4.69) is 0 Å². The number of aryl methyl sites for hydroxylation is 1. The Morgan fingerprint density at radius 1 is 1.14 bits per heavy atom. The minimum atomic E-state index is -3.44. The second kappa shape index (κ2) is 6.29. The quantitative estimate of drug-likeness (QED) is 0.827. The average molecular weight is 345 g/mol. The van der Waals surface area contributed by atoms with Crippen LogP contribution in [0.1, 0.15) is 32.1 Å². The smallest absolute Gasteiger partial charge is 0.252 e. The Balaban J connectivity index is 2.12. The van der Waals surface area contributed by atoms with E-state index < -0.39 is 15.4 Å². The number of nitrogens with zero attached hydrogens (tertiary/aromatic N) is 2. The van der Waals surface area contributed by atoms with Crippen LogP contribution in [0.15, 0.2) is 16.3 Å². The Bertz CT molecular complexity index is 644. The molecule has 2 rings (SSSR count). The molecule has 1 aliphatic rings. The Morgan fingerprint density at radius 3 is 2.36 bits per heavy atom. The van der Waals surface area contributed by atoms with Gasteiger partial charge >= 0.3 is 0 Å². The van der Waals surface area contributed by atoms with Gasteiger partial charge in [0.25, 0.3) is 10.0 Å². The summed E-state index contributed by atoms with van der Waals surface area (Å²) in [6, 6.07) is 3.49. The summed E-state index contributed by atoms with van der Waals surface area (Å²) in [6.07, 6.45) is 0.672. The second-order valence-electron chi connectivity index (χ2n) is 6.66. The molecule has 1 amide bonds. The van der Waals surface area contributed by atoms with Crippen molar-refractivity contribution in [3.05, 3.63) is 17.0 Å². The van der Waals surface area contributed by atoms with Gasteiger partial charge in [-0.3, -0.25) is 4.79 Å². The van der Waals surface area contributed by atoms with E-state index in [9.17, 15) is 13.2 Å². The molecule has 0 saturated carbocycles. The van der Waals surface area contributed by atoms with E-state index in [0.29, 0.717) is 36.8 Å². The SMILES string of the molecule is Cc1ccc(S(=O)(=O)N2CCCN(C(=O)C(C)(C)C)CC2)s1. The van der Waals surface area contributed by atoms with Crippen LogP contribution in [0.5, 0.6) is 0 Å². The molecule has 0 unspecified atom stereocenters. The molecular weight excluding hydrogens is 320 g/mol. The minimum absolute atomic E-state index is 0.0821. The van der Waals surface area contributed by atoms with Crippen LogP contribution in [-0.2, 0) is 14.8 Å². The number of rotatable bonds is 2. The highest BCUT2D eigenvalue weighted by Gasteiger charge is 2.32. The van der Waals surface area contributed by atoms with Gasteiger partial charge in [0.2, 0.25) is 5.91 Å². The van der Waals surface area contributed by atoms with Crippen LogP contribution >= 0.6 is 11.3 Å². The summed E-state index contributed by atoms with van der Waals surface area (Å²) in [5, 5.41) is 0. The van der Waals surface area contributed by atoms with Crippen molar-refractivity contribution in [2.45, 2.75) is 38.3 Å². The molecule has 22 heavy (non-hydrogen) atoms. The molecule has 124 valence electrons. The molecule has 0 aliphatic carbocycles. The molecule has 1 aromatic heterocycles. The molecule has 5 nitrogen and oxygen atoms in total. The van der Waals surface area contributed by atoms with Crippen LogP contribution in [0.25, 0.3) is 0 Å². The van der Waals surface area contributed by atoms with Crippen LogP contribution in [0.3, 0.4) is 0 Å². The van der Waals surface area contributed by atoms with Gasteiger partial charge in [-0.15, -0.1) is 11.3 Å². The maximum Gasteiger partial charge on any atom is 0.252 e. The Hall–Kier alpha value is -0.920. The molecule has 0 N–H and O–H groups in total. The van der Waals surface area contributed by atoms with Crippen LogP contribution in [-0.4, -0.2) is 49.7 Å². The Kier molecular flexibility index (Phi) is 4.99. The summed E-state index contributed by atoms with van der Waals surface area (Å²) in [4.78, 5) is 15.1. The number of carbonyl (C=O) groups excluding carboxylic acids is 1. The predicted molar refractivity (Wildman–Crippen MR) is 88.5 cm³/mol. The molecule has 1 aromatic rings. The topological polar surface area (TPSA) is 57.7 Å². The fraction of sp³-hybridized carbons (Fsp3) is 0.667. The molecule has 0 radical (unpaired) electrons. The number of hydrogen-bond acceptors (Lipinski definition) is 4. The first kappa shape index (κ1) is 17.4. The van der Waals surface area contributed by atoms with Crippen molar-refractivity contribution in [2.24, 2.45) is 5.41 Å². The van der Waals surface area contributed by atoms with Crippen LogP contribution in [0, 0.1) is 12.3 Å². The average Bonchev–Trinajstić information content (AvgIpc) is 2.72. The first-order chi connectivity index (χ1) is 10.1. The summed E-state index contributed by atoms with van der Waals surface area (Å²) in [5.74, 6) is 0.0821. The number of carbonyl (C=O) groups is 1. The fourth-order valence-corrected chi connectivity index (χ4v) is 5.40. The van der Waals surface area contributed by atoms with E-state index in [1.165, 1.54) is 15.6 Å². The van der Waals surface area contributed by atoms with Crippen molar-refractivity contribution < 1.29 is 13.2 Å². The lowest BCUT2D eigenvalue weighted by atomic mass is 9.94. The van der Waals surface area contributed by atoms with E-state index in [-0.39, 0.29) is 5.91 Å². The third-order valence-electron chi connectivity index (χ3n) is 3.69. The van der Waals surface area contributed by atoms with Crippen molar-refractivity contribution in [3.8, 4) is 0 Å². The molecule has 1 fully saturated rings. The van der Waals surface area contributed by atoms with E-state index in [1.54, 1.807) is 11.0 Å². The molecular formula is C15H24N2O3S2. The largest absolute Gasteiger partial charge is 0.341 e. The first-order valence-corrected chi connectivity index (χ1v) is 9.74. The lowest BCUT2D eigenvalue weighted by Gasteiger charge is -2.28. The van der Waals surface area contributed by atoms with Gasteiger partial charge in [-0.1, -0.05) is 20.8 Å². The zero-order valence-electron chi connectivity index (χ0n) is 13.6. The molecule has 0 aromatic carbocycles. The van der Waals surface area contributed by atoms with Gasteiger partial charge in [-0.05, 0) is 25.5 Å². The molecule has 0 spiro atoms. The van der Waals surface area contributed by atoms with Crippen molar-refractivity contribution in [1.82, 2.24) is 9.21 Å². The van der Waals surface area contributed by atoms with Gasteiger partial charge in [-0.25, -0.2) is 8.42 Å². The van der Waals surface area contributed by atoms with E-state index in [4.69, 9.17) is 0 Å². The number of hydrogen-bond donors (Lipinski definition) is 0. The van der Waals surface area contributed by atoms with Gasteiger partial charge in [0, 0.05) is 36.5 Å². The Labute approximate surface area is 137 Å². The summed E-state index contributed by atoms with van der Waals surface area (Å²) >= 11 is 1.30. The van der Waals surface area contributed by atoms with E-state index in [0.717, 1.165) is 4.88 Å². The number of sulfonamides is 1. The van der Waals surface area contributed by atoms with Crippen LogP contribution < -0.4 is 0 Å². The van der Waals surface area contributed by atoms with Gasteiger partial charge in [-0.2, -0.15) is 4.31 Å². The molecule has 0 bridgehead atoms. The molecule has 0 atom stereocenters. The molecule has 1 saturated heterocycles. The highest BCUT2D eigenvalue weighted by molar-refractivity contribution is 7.91. The molecule has 2 heterocycles. The summed E-state index contributed by atoms with van der Waals surface area (Å²) in [7, 11) is -3.44. The van der Waals surface area contributed by atoms with E-state index >= 15 is 0 Å². The summed E-state index contributed by atoms with van der Waals surface area (Å²) in [6.45, 7) is 9.48. The number of thiophene rings is 1. The highest BCUT2D eigenvalue weighted by Crippen LogP contribution is 2.26. The van der Waals surface area contributed by atoms with Crippen molar-refractivity contribution in [1.29, 1.82) is 0 Å². The van der Waals surface area contributed by atoms with Gasteiger partial charge in [0.1, 0.15) is 4.21 Å². The fourth-order valence-electron chi connectivity index (χ4n) is 2.49. The molecule has 1 aliphatic heterocycles. The van der Waals surface area contributed by atoms with Crippen LogP contribution in [0.2, 0.25) is 0 Å². The monoisotopic (exact) mass is 344 g/mol. The predicted octanol–water partition coefficient (Wildman–Crippen LogP) is 2.33. The highest BCUT2D eigenvalue weighted by atomic mass is 32.2. The zero-order chi connectivity index (χ0) is 16.5. The maximum absolute atomic E-state index is 12.7. The zero-order valence-corrected chi connectivity index (χ0v) is 15.3. The third kappa shape index (κ3) is 3.70. The number of amides is 1. The van der Waals surface area contributed by atoms with Gasteiger partial charge in [0.15, 0.2) is 0 Å². The third-order valence-corrected chi connectivity index (χ3v) is 7.06. The summed E-state index contributed by atoms with van der Waals surface area (Å²) in [5.41, 5.74) is -0.432. The van der Waals surface area contributed by atoms with Crippen molar-refractivity contribution in [3.63, 3.8) is 0 Å². The maximum atomic E-state index is 12.7. The lowest BCUT2D eigenvalue weighted by Crippen LogP contribution is -2.42. The van der Waals surface area contributed by atoms with Gasteiger partial charge in [0.05, 0.1) is 0 Å². The van der Waals surface area contributed by atoms with Gasteiger partial charge < -0.3 is 4.90 Å². The summed E-state index contributed by atoms with van der Waals surface area (Å²) < 4.78 is 27.2. The first-order valence-electron chi connectivity index (χ1n) is 7.48. The standard InChI is InChI=1S/C15H24N2O3S2/c1-12-6-7-13(21-12)22(19,20)17-9-5-8-16(10-11-17)14(18)15(2,3)4/h6-7H,5,8-11H2,1-4H3. The van der Waals surface area contributed by atoms with Crippen molar-refractivity contribution >= 4 is 27.3 Å². The van der Waals surface area contributed by atoms with Crippen LogP contribution in [0.4, 0.5) is 0 Å². The minimum Gasteiger partial charge on any atom is -0.341 e. The Morgan fingerprint density at radius 2 is 1.82 bits per heavy atom. The van der Waals surface area contributed by atoms with E-state index in [1.807, 2.05) is 33.8 Å². The second-order valence-corrected chi connectivity index (χ2v) is 10.1.